The fourth-order valence-electron chi connectivity index (χ4n) is 1.33. The van der Waals surface area contributed by atoms with Gasteiger partial charge in [-0.1, -0.05) is 11.6 Å². The Balaban J connectivity index is 3.56. The summed E-state index contributed by atoms with van der Waals surface area (Å²) < 4.78 is 13.6. The molecule has 14 heavy (non-hydrogen) atoms. The first kappa shape index (κ1) is 11.3. The SMILES string of the molecule is Cc1cc(Cl)c(O)c(C(C)(C)N)c1F. The summed E-state index contributed by atoms with van der Waals surface area (Å²) in [5.74, 6) is -0.776. The van der Waals surface area contributed by atoms with Crippen LogP contribution in [0.2, 0.25) is 5.02 Å². The molecule has 0 aromatic heterocycles. The summed E-state index contributed by atoms with van der Waals surface area (Å²) in [6, 6.07) is 1.38. The number of aryl methyl sites for hydroxylation is 1. The van der Waals surface area contributed by atoms with E-state index in [1.54, 1.807) is 20.8 Å². The summed E-state index contributed by atoms with van der Waals surface area (Å²) in [5, 5.41) is 9.71. The number of phenols is 1. The zero-order valence-corrected chi connectivity index (χ0v) is 9.11. The molecule has 0 saturated heterocycles. The van der Waals surface area contributed by atoms with Gasteiger partial charge in [0, 0.05) is 5.54 Å². The molecule has 78 valence electrons. The molecule has 0 radical (unpaired) electrons. The smallest absolute Gasteiger partial charge is 0.142 e. The first-order valence-corrected chi connectivity index (χ1v) is 4.60. The number of halogens is 2. The fourth-order valence-corrected chi connectivity index (χ4v) is 1.59. The Morgan fingerprint density at radius 3 is 2.43 bits per heavy atom. The molecule has 0 aliphatic heterocycles. The van der Waals surface area contributed by atoms with Crippen LogP contribution in [0.15, 0.2) is 6.07 Å². The average Bonchev–Trinajstić information content (AvgIpc) is 1.98. The number of hydrogen-bond donors (Lipinski definition) is 2. The molecule has 0 aliphatic rings. The standard InChI is InChI=1S/C10H13ClFNO/c1-5-4-6(11)9(14)7(8(5)12)10(2,3)13/h4,14H,13H2,1-3H3. The molecule has 0 fully saturated rings. The van der Waals surface area contributed by atoms with Gasteiger partial charge in [0.2, 0.25) is 0 Å². The van der Waals surface area contributed by atoms with Crippen molar-refractivity contribution in [2.75, 3.05) is 0 Å². The number of phenolic OH excluding ortho intramolecular Hbond substituents is 1. The van der Waals surface area contributed by atoms with Gasteiger partial charge >= 0.3 is 0 Å². The molecule has 0 unspecified atom stereocenters. The lowest BCUT2D eigenvalue weighted by Crippen LogP contribution is -2.30. The molecular formula is C10H13ClFNO. The molecule has 3 N–H and O–H groups in total. The van der Waals surface area contributed by atoms with E-state index in [1.807, 2.05) is 0 Å². The van der Waals surface area contributed by atoms with Gasteiger partial charge in [0.05, 0.1) is 10.6 Å². The van der Waals surface area contributed by atoms with Gasteiger partial charge < -0.3 is 10.8 Å². The quantitative estimate of drug-likeness (QED) is 0.760. The lowest BCUT2D eigenvalue weighted by atomic mass is 9.92. The summed E-state index contributed by atoms with van der Waals surface area (Å²) in [4.78, 5) is 0. The molecule has 0 saturated carbocycles. The zero-order valence-electron chi connectivity index (χ0n) is 8.36. The largest absolute Gasteiger partial charge is 0.506 e. The van der Waals surface area contributed by atoms with Crippen molar-refractivity contribution < 1.29 is 9.50 Å². The second kappa shape index (κ2) is 3.41. The molecule has 1 rings (SSSR count). The molecule has 0 atom stereocenters. The van der Waals surface area contributed by atoms with Crippen LogP contribution in [-0.2, 0) is 5.54 Å². The van der Waals surface area contributed by atoms with Crippen LogP contribution in [0, 0.1) is 12.7 Å². The predicted octanol–water partition coefficient (Wildman–Crippen LogP) is 2.69. The van der Waals surface area contributed by atoms with Gasteiger partial charge in [-0.2, -0.15) is 0 Å². The summed E-state index contributed by atoms with van der Waals surface area (Å²) in [6.07, 6.45) is 0. The molecule has 4 heteroatoms. The first-order valence-electron chi connectivity index (χ1n) is 4.22. The minimum Gasteiger partial charge on any atom is -0.506 e. The predicted molar refractivity (Wildman–Crippen MR) is 55.0 cm³/mol. The van der Waals surface area contributed by atoms with Crippen LogP contribution in [0.5, 0.6) is 5.75 Å². The summed E-state index contributed by atoms with van der Waals surface area (Å²) in [6.45, 7) is 4.80. The highest BCUT2D eigenvalue weighted by Crippen LogP contribution is 2.37. The van der Waals surface area contributed by atoms with E-state index in [9.17, 15) is 9.50 Å². The molecule has 1 aromatic rings. The molecule has 0 spiro atoms. The van der Waals surface area contributed by atoms with E-state index >= 15 is 0 Å². The van der Waals surface area contributed by atoms with Crippen molar-refractivity contribution in [3.05, 3.63) is 28.0 Å². The number of hydrogen-bond acceptors (Lipinski definition) is 2. The number of benzene rings is 1. The lowest BCUT2D eigenvalue weighted by molar-refractivity contribution is 0.420. The third kappa shape index (κ3) is 1.83. The molecule has 0 amide bonds. The van der Waals surface area contributed by atoms with Crippen LogP contribution >= 0.6 is 11.6 Å². The normalized spacial score (nSPS) is 11.9. The van der Waals surface area contributed by atoms with Crippen molar-refractivity contribution in [3.8, 4) is 5.75 Å². The van der Waals surface area contributed by atoms with E-state index in [2.05, 4.69) is 0 Å². The highest BCUT2D eigenvalue weighted by atomic mass is 35.5. The molecule has 0 aliphatic carbocycles. The number of nitrogens with two attached hydrogens (primary N) is 1. The number of rotatable bonds is 1. The highest BCUT2D eigenvalue weighted by Gasteiger charge is 2.26. The average molecular weight is 218 g/mol. The van der Waals surface area contributed by atoms with Crippen molar-refractivity contribution >= 4 is 11.6 Å². The fraction of sp³-hybridized carbons (Fsp3) is 0.400. The van der Waals surface area contributed by atoms with Crippen molar-refractivity contribution in [1.82, 2.24) is 0 Å². The van der Waals surface area contributed by atoms with Crippen molar-refractivity contribution in [1.29, 1.82) is 0 Å². The second-order valence-corrected chi connectivity index (χ2v) is 4.34. The maximum atomic E-state index is 13.6. The molecule has 1 aromatic carbocycles. The van der Waals surface area contributed by atoms with Gasteiger partial charge in [-0.15, -0.1) is 0 Å². The van der Waals surface area contributed by atoms with Crippen LogP contribution in [-0.4, -0.2) is 5.11 Å². The molecule has 0 heterocycles. The van der Waals surface area contributed by atoms with E-state index in [0.717, 1.165) is 0 Å². The third-order valence-electron chi connectivity index (χ3n) is 2.02. The van der Waals surface area contributed by atoms with E-state index in [1.165, 1.54) is 6.07 Å². The monoisotopic (exact) mass is 217 g/mol. The zero-order chi connectivity index (χ0) is 11.1. The molecular weight excluding hydrogens is 205 g/mol. The summed E-state index contributed by atoms with van der Waals surface area (Å²) in [5.41, 5.74) is 5.22. The highest BCUT2D eigenvalue weighted by molar-refractivity contribution is 6.32. The van der Waals surface area contributed by atoms with Gasteiger partial charge in [0.1, 0.15) is 11.6 Å². The van der Waals surface area contributed by atoms with Crippen LogP contribution in [0.4, 0.5) is 4.39 Å². The van der Waals surface area contributed by atoms with Crippen molar-refractivity contribution in [3.63, 3.8) is 0 Å². The Kier molecular flexibility index (Phi) is 2.74. The van der Waals surface area contributed by atoms with Gasteiger partial charge in [0.25, 0.3) is 0 Å². The van der Waals surface area contributed by atoms with E-state index in [4.69, 9.17) is 17.3 Å². The van der Waals surface area contributed by atoms with E-state index < -0.39 is 11.4 Å². The first-order chi connectivity index (χ1) is 6.25. The van der Waals surface area contributed by atoms with Gasteiger partial charge in [-0.05, 0) is 32.4 Å². The van der Waals surface area contributed by atoms with E-state index in [-0.39, 0.29) is 16.3 Å². The van der Waals surface area contributed by atoms with Gasteiger partial charge in [-0.25, -0.2) is 4.39 Å². The topological polar surface area (TPSA) is 46.2 Å². The van der Waals surface area contributed by atoms with Crippen LogP contribution in [0.25, 0.3) is 0 Å². The van der Waals surface area contributed by atoms with Crippen LogP contribution < -0.4 is 5.73 Å². The third-order valence-corrected chi connectivity index (χ3v) is 2.30. The minimum atomic E-state index is -0.955. The maximum Gasteiger partial charge on any atom is 0.142 e. The van der Waals surface area contributed by atoms with Gasteiger partial charge in [0.15, 0.2) is 0 Å². The summed E-state index contributed by atoms with van der Waals surface area (Å²) in [7, 11) is 0. The van der Waals surface area contributed by atoms with Gasteiger partial charge in [-0.3, -0.25) is 0 Å². The van der Waals surface area contributed by atoms with Crippen molar-refractivity contribution in [2.24, 2.45) is 5.73 Å². The molecule has 0 bridgehead atoms. The Morgan fingerprint density at radius 1 is 1.50 bits per heavy atom. The Morgan fingerprint density at radius 2 is 2.00 bits per heavy atom. The Bertz CT molecular complexity index is 345. The number of aromatic hydroxyl groups is 1. The van der Waals surface area contributed by atoms with E-state index in [0.29, 0.717) is 5.56 Å². The summed E-state index contributed by atoms with van der Waals surface area (Å²) >= 11 is 5.72. The van der Waals surface area contributed by atoms with Crippen LogP contribution in [0.1, 0.15) is 25.0 Å². The Labute approximate surface area is 87.5 Å². The maximum absolute atomic E-state index is 13.6. The lowest BCUT2D eigenvalue weighted by Gasteiger charge is -2.22. The van der Waals surface area contributed by atoms with Crippen LogP contribution in [0.3, 0.4) is 0 Å². The minimum absolute atomic E-state index is 0.0579. The second-order valence-electron chi connectivity index (χ2n) is 3.93. The Hall–Kier alpha value is -0.800. The van der Waals surface area contributed by atoms with Crippen molar-refractivity contribution in [2.45, 2.75) is 26.3 Å². The molecule has 2 nitrogen and oxygen atoms in total.